The van der Waals surface area contributed by atoms with Gasteiger partial charge in [-0.3, -0.25) is 0 Å². The van der Waals surface area contributed by atoms with Gasteiger partial charge in [-0.05, 0) is 24.3 Å². The molecule has 1 heterocycles. The van der Waals surface area contributed by atoms with Gasteiger partial charge in [-0.1, -0.05) is 12.1 Å². The van der Waals surface area contributed by atoms with E-state index in [4.69, 9.17) is 5.73 Å². The maximum atomic E-state index is 9.47. The van der Waals surface area contributed by atoms with Crippen LogP contribution in [0.2, 0.25) is 0 Å². The van der Waals surface area contributed by atoms with Crippen LogP contribution in [0.3, 0.4) is 0 Å². The molecule has 0 saturated heterocycles. The quantitative estimate of drug-likeness (QED) is 0.496. The molecule has 0 bridgehead atoms. The zero-order chi connectivity index (χ0) is 16.2. The van der Waals surface area contributed by atoms with Gasteiger partial charge in [-0.15, -0.1) is 0 Å². The lowest BCUT2D eigenvalue weighted by molar-refractivity contribution is 0.475. The SMILES string of the molecule is Nc1nc(Nc2cccc(O)c2)nc(Nc2cccc(O)c2)n1. The molecule has 6 N–H and O–H groups in total. The third-order valence-corrected chi connectivity index (χ3v) is 2.86. The molecular weight excluding hydrogens is 296 g/mol. The summed E-state index contributed by atoms with van der Waals surface area (Å²) < 4.78 is 0. The lowest BCUT2D eigenvalue weighted by atomic mass is 10.3. The number of rotatable bonds is 4. The molecule has 0 aliphatic heterocycles. The molecule has 0 aliphatic carbocycles. The molecule has 2 aromatic carbocycles. The summed E-state index contributed by atoms with van der Waals surface area (Å²) in [7, 11) is 0. The van der Waals surface area contributed by atoms with Crippen molar-refractivity contribution in [1.82, 2.24) is 15.0 Å². The van der Waals surface area contributed by atoms with Crippen LogP contribution >= 0.6 is 0 Å². The van der Waals surface area contributed by atoms with E-state index in [-0.39, 0.29) is 29.3 Å². The lowest BCUT2D eigenvalue weighted by Crippen LogP contribution is -2.06. The van der Waals surface area contributed by atoms with E-state index in [9.17, 15) is 10.2 Å². The van der Waals surface area contributed by atoms with Crippen molar-refractivity contribution >= 4 is 29.2 Å². The first-order chi connectivity index (χ1) is 11.1. The number of hydrogen-bond donors (Lipinski definition) is 5. The Hall–Kier alpha value is -3.55. The number of aromatic hydroxyl groups is 2. The Morgan fingerprint density at radius 1 is 0.739 bits per heavy atom. The molecule has 0 saturated carbocycles. The summed E-state index contributed by atoms with van der Waals surface area (Å²) >= 11 is 0. The van der Waals surface area contributed by atoms with E-state index < -0.39 is 0 Å². The van der Waals surface area contributed by atoms with E-state index in [1.54, 1.807) is 36.4 Å². The standard InChI is InChI=1S/C15H14N6O2/c16-13-19-14(17-9-3-1-5-11(22)7-9)21-15(20-13)18-10-4-2-6-12(23)8-10/h1-8,22-23H,(H4,16,17,18,19,20,21). The average molecular weight is 310 g/mol. The first-order valence-electron chi connectivity index (χ1n) is 6.72. The van der Waals surface area contributed by atoms with E-state index >= 15 is 0 Å². The normalized spacial score (nSPS) is 10.3. The molecule has 23 heavy (non-hydrogen) atoms. The second-order valence-electron chi connectivity index (χ2n) is 4.69. The van der Waals surface area contributed by atoms with Gasteiger partial charge in [0.05, 0.1) is 0 Å². The molecule has 0 atom stereocenters. The molecule has 8 nitrogen and oxygen atoms in total. The summed E-state index contributed by atoms with van der Waals surface area (Å²) in [6, 6.07) is 13.1. The molecule has 0 spiro atoms. The molecule has 3 aromatic rings. The zero-order valence-electron chi connectivity index (χ0n) is 11.9. The highest BCUT2D eigenvalue weighted by Gasteiger charge is 2.06. The molecular formula is C15H14N6O2. The van der Waals surface area contributed by atoms with Crippen molar-refractivity contribution in [3.8, 4) is 11.5 Å². The van der Waals surface area contributed by atoms with Crippen LogP contribution in [-0.2, 0) is 0 Å². The van der Waals surface area contributed by atoms with E-state index in [2.05, 4.69) is 25.6 Å². The van der Waals surface area contributed by atoms with E-state index in [1.165, 1.54) is 12.1 Å². The Labute approximate surface area is 131 Å². The fourth-order valence-electron chi connectivity index (χ4n) is 1.93. The minimum absolute atomic E-state index is 0.0327. The van der Waals surface area contributed by atoms with Crippen molar-refractivity contribution in [2.45, 2.75) is 0 Å². The Kier molecular flexibility index (Phi) is 3.79. The third-order valence-electron chi connectivity index (χ3n) is 2.86. The van der Waals surface area contributed by atoms with Gasteiger partial charge in [-0.2, -0.15) is 15.0 Å². The monoisotopic (exact) mass is 310 g/mol. The summed E-state index contributed by atoms with van der Waals surface area (Å²) in [5.74, 6) is 0.729. The van der Waals surface area contributed by atoms with Gasteiger partial charge in [0.2, 0.25) is 17.8 Å². The minimum atomic E-state index is 0.0327. The fraction of sp³-hybridized carbons (Fsp3) is 0. The van der Waals surface area contributed by atoms with Crippen LogP contribution in [0.4, 0.5) is 29.2 Å². The number of nitrogen functional groups attached to an aromatic ring is 1. The number of nitrogens with one attached hydrogen (secondary N) is 2. The molecule has 116 valence electrons. The Balaban J connectivity index is 1.84. The average Bonchev–Trinajstić information content (AvgIpc) is 2.46. The molecule has 0 aliphatic rings. The van der Waals surface area contributed by atoms with Gasteiger partial charge in [0.25, 0.3) is 0 Å². The second kappa shape index (κ2) is 6.06. The van der Waals surface area contributed by atoms with Crippen molar-refractivity contribution in [2.24, 2.45) is 0 Å². The number of benzene rings is 2. The van der Waals surface area contributed by atoms with Crippen molar-refractivity contribution in [1.29, 1.82) is 0 Å². The highest BCUT2D eigenvalue weighted by atomic mass is 16.3. The predicted octanol–water partition coefficient (Wildman–Crippen LogP) is 2.35. The Bertz CT molecular complexity index is 774. The van der Waals surface area contributed by atoms with E-state index in [0.717, 1.165) is 0 Å². The van der Waals surface area contributed by atoms with Crippen molar-refractivity contribution in [3.63, 3.8) is 0 Å². The Morgan fingerprint density at radius 3 is 1.65 bits per heavy atom. The van der Waals surface area contributed by atoms with Crippen LogP contribution in [0.5, 0.6) is 11.5 Å². The molecule has 0 amide bonds. The summed E-state index contributed by atoms with van der Waals surface area (Å²) in [6.45, 7) is 0. The highest BCUT2D eigenvalue weighted by Crippen LogP contribution is 2.21. The van der Waals surface area contributed by atoms with Crippen LogP contribution < -0.4 is 16.4 Å². The van der Waals surface area contributed by atoms with E-state index in [0.29, 0.717) is 11.4 Å². The van der Waals surface area contributed by atoms with Crippen molar-refractivity contribution < 1.29 is 10.2 Å². The van der Waals surface area contributed by atoms with Gasteiger partial charge >= 0.3 is 0 Å². The number of anilines is 5. The van der Waals surface area contributed by atoms with Crippen LogP contribution in [0.25, 0.3) is 0 Å². The van der Waals surface area contributed by atoms with Crippen LogP contribution in [0.1, 0.15) is 0 Å². The van der Waals surface area contributed by atoms with Gasteiger partial charge in [-0.25, -0.2) is 0 Å². The van der Waals surface area contributed by atoms with Crippen molar-refractivity contribution in [3.05, 3.63) is 48.5 Å². The van der Waals surface area contributed by atoms with Crippen LogP contribution in [0.15, 0.2) is 48.5 Å². The summed E-state index contributed by atoms with van der Waals surface area (Å²) in [6.07, 6.45) is 0. The van der Waals surface area contributed by atoms with Crippen LogP contribution in [0, 0.1) is 0 Å². The zero-order valence-corrected chi connectivity index (χ0v) is 11.9. The number of hydrogen-bond acceptors (Lipinski definition) is 8. The molecule has 3 rings (SSSR count). The van der Waals surface area contributed by atoms with Gasteiger partial charge < -0.3 is 26.6 Å². The fourth-order valence-corrected chi connectivity index (χ4v) is 1.93. The summed E-state index contributed by atoms with van der Waals surface area (Å²) in [5.41, 5.74) is 6.91. The minimum Gasteiger partial charge on any atom is -0.508 e. The van der Waals surface area contributed by atoms with E-state index in [1.807, 2.05) is 0 Å². The number of phenols is 2. The summed E-state index contributed by atoms with van der Waals surface area (Å²) in [4.78, 5) is 12.2. The molecule has 8 heteroatoms. The van der Waals surface area contributed by atoms with Gasteiger partial charge in [0.1, 0.15) is 11.5 Å². The molecule has 0 radical (unpaired) electrons. The van der Waals surface area contributed by atoms with Crippen molar-refractivity contribution in [2.75, 3.05) is 16.4 Å². The van der Waals surface area contributed by atoms with Crippen LogP contribution in [-0.4, -0.2) is 25.2 Å². The smallest absolute Gasteiger partial charge is 0.233 e. The molecule has 0 unspecified atom stereocenters. The third kappa shape index (κ3) is 3.76. The second-order valence-corrected chi connectivity index (χ2v) is 4.69. The maximum Gasteiger partial charge on any atom is 0.233 e. The number of nitrogens with two attached hydrogens (primary N) is 1. The molecule has 1 aromatic heterocycles. The molecule has 0 fully saturated rings. The maximum absolute atomic E-state index is 9.47. The number of aromatic nitrogens is 3. The Morgan fingerprint density at radius 2 is 1.22 bits per heavy atom. The predicted molar refractivity (Wildman–Crippen MR) is 87.0 cm³/mol. The number of phenolic OH excluding ortho intramolecular Hbond substituents is 2. The van der Waals surface area contributed by atoms with Gasteiger partial charge in [0, 0.05) is 23.5 Å². The topological polar surface area (TPSA) is 129 Å². The highest BCUT2D eigenvalue weighted by molar-refractivity contribution is 5.60. The first-order valence-corrected chi connectivity index (χ1v) is 6.72. The summed E-state index contributed by atoms with van der Waals surface area (Å²) in [5, 5.41) is 24.8. The first kappa shape index (κ1) is 14.4. The largest absolute Gasteiger partial charge is 0.508 e. The van der Waals surface area contributed by atoms with Gasteiger partial charge in [0.15, 0.2) is 0 Å². The lowest BCUT2D eigenvalue weighted by Gasteiger charge is -2.09. The number of nitrogens with zero attached hydrogens (tertiary/aromatic N) is 3.